The van der Waals surface area contributed by atoms with Gasteiger partial charge in [0.25, 0.3) is 0 Å². The maximum atomic E-state index is 6.02. The number of anilines is 1. The van der Waals surface area contributed by atoms with Gasteiger partial charge in [-0.25, -0.2) is 0 Å². The number of benzene rings is 2. The van der Waals surface area contributed by atoms with E-state index in [0.29, 0.717) is 25.0 Å². The van der Waals surface area contributed by atoms with Gasteiger partial charge in [-0.1, -0.05) is 37.3 Å². The normalized spacial score (nSPS) is 12.2. The van der Waals surface area contributed by atoms with Gasteiger partial charge in [-0.05, 0) is 36.1 Å². The van der Waals surface area contributed by atoms with Crippen LogP contribution in [0.3, 0.4) is 0 Å². The van der Waals surface area contributed by atoms with Crippen molar-refractivity contribution in [3.8, 4) is 5.75 Å². The van der Waals surface area contributed by atoms with Gasteiger partial charge in [0.15, 0.2) is 5.96 Å². The zero-order chi connectivity index (χ0) is 18.1. The summed E-state index contributed by atoms with van der Waals surface area (Å²) in [5.74, 6) is 1.70. The van der Waals surface area contributed by atoms with E-state index in [1.807, 2.05) is 36.4 Å². The highest BCUT2D eigenvalue weighted by Gasteiger charge is 2.06. The molecule has 1 atom stereocenters. The van der Waals surface area contributed by atoms with Crippen molar-refractivity contribution in [1.29, 1.82) is 0 Å². The molecule has 1 unspecified atom stereocenters. The maximum Gasteiger partial charge on any atom is 0.193 e. The summed E-state index contributed by atoms with van der Waals surface area (Å²) in [7, 11) is 3.35. The molecule has 6 heteroatoms. The molecular formula is C20H28IN3O2. The van der Waals surface area contributed by atoms with Crippen molar-refractivity contribution in [2.24, 2.45) is 10.7 Å². The van der Waals surface area contributed by atoms with E-state index in [2.05, 4.69) is 29.4 Å². The number of hydrogen-bond acceptors (Lipinski definition) is 3. The van der Waals surface area contributed by atoms with Crippen LogP contribution in [0.25, 0.3) is 0 Å². The lowest BCUT2D eigenvalue weighted by Gasteiger charge is -2.13. The lowest BCUT2D eigenvalue weighted by Crippen LogP contribution is -2.23. The molecule has 0 aromatic heterocycles. The Morgan fingerprint density at radius 2 is 1.81 bits per heavy atom. The van der Waals surface area contributed by atoms with E-state index in [-0.39, 0.29) is 24.0 Å². The third kappa shape index (κ3) is 6.84. The summed E-state index contributed by atoms with van der Waals surface area (Å²) in [6.07, 6.45) is 0.925. The molecule has 0 bridgehead atoms. The molecule has 0 saturated heterocycles. The first kappa shape index (κ1) is 22.2. The maximum absolute atomic E-state index is 6.02. The van der Waals surface area contributed by atoms with Crippen LogP contribution in [0, 0.1) is 0 Å². The second-order valence-corrected chi connectivity index (χ2v) is 5.95. The molecule has 0 aliphatic carbocycles. The molecule has 0 saturated carbocycles. The van der Waals surface area contributed by atoms with Gasteiger partial charge in [0.05, 0.1) is 13.7 Å². The zero-order valence-corrected chi connectivity index (χ0v) is 17.9. The van der Waals surface area contributed by atoms with Crippen LogP contribution in [0.4, 0.5) is 5.69 Å². The minimum absolute atomic E-state index is 0. The molecule has 0 fully saturated rings. The van der Waals surface area contributed by atoms with Crippen molar-refractivity contribution >= 4 is 35.6 Å². The first-order chi connectivity index (χ1) is 12.1. The van der Waals surface area contributed by atoms with E-state index >= 15 is 0 Å². The van der Waals surface area contributed by atoms with Crippen molar-refractivity contribution in [1.82, 2.24) is 0 Å². The molecule has 0 aliphatic rings. The highest BCUT2D eigenvalue weighted by molar-refractivity contribution is 14.0. The van der Waals surface area contributed by atoms with Crippen LogP contribution in [0.1, 0.15) is 30.4 Å². The van der Waals surface area contributed by atoms with Crippen molar-refractivity contribution in [3.05, 3.63) is 59.7 Å². The van der Waals surface area contributed by atoms with Gasteiger partial charge >= 0.3 is 0 Å². The molecular weight excluding hydrogens is 441 g/mol. The third-order valence-electron chi connectivity index (χ3n) is 4.11. The van der Waals surface area contributed by atoms with Gasteiger partial charge in [0.1, 0.15) is 5.75 Å². The summed E-state index contributed by atoms with van der Waals surface area (Å²) < 4.78 is 10.4. The van der Waals surface area contributed by atoms with E-state index in [1.54, 1.807) is 14.2 Å². The molecule has 3 N–H and O–H groups in total. The van der Waals surface area contributed by atoms with E-state index in [4.69, 9.17) is 15.2 Å². The Morgan fingerprint density at radius 3 is 2.46 bits per heavy atom. The third-order valence-corrected chi connectivity index (χ3v) is 4.11. The van der Waals surface area contributed by atoms with Crippen LogP contribution in [0.15, 0.2) is 53.5 Å². The van der Waals surface area contributed by atoms with Crippen molar-refractivity contribution < 1.29 is 9.47 Å². The molecule has 2 aromatic carbocycles. The van der Waals surface area contributed by atoms with Crippen molar-refractivity contribution in [2.75, 3.05) is 26.1 Å². The molecule has 0 spiro atoms. The number of nitrogens with two attached hydrogens (primary N) is 1. The van der Waals surface area contributed by atoms with E-state index < -0.39 is 0 Å². The van der Waals surface area contributed by atoms with Crippen molar-refractivity contribution in [2.45, 2.75) is 25.9 Å². The number of para-hydroxylation sites is 1. The fourth-order valence-corrected chi connectivity index (χ4v) is 2.58. The predicted molar refractivity (Wildman–Crippen MR) is 119 cm³/mol. The largest absolute Gasteiger partial charge is 0.497 e. The molecule has 2 aromatic rings. The minimum Gasteiger partial charge on any atom is -0.497 e. The summed E-state index contributed by atoms with van der Waals surface area (Å²) in [6.45, 7) is 3.39. The number of guanidine groups is 1. The molecule has 0 heterocycles. The van der Waals surface area contributed by atoms with Crippen LogP contribution >= 0.6 is 24.0 Å². The molecule has 2 rings (SSSR count). The highest BCUT2D eigenvalue weighted by Crippen LogP contribution is 2.22. The SMILES string of the molecule is COCc1ccccc1NC(N)=NCCC(C)c1ccc(OC)cc1.I. The smallest absolute Gasteiger partial charge is 0.193 e. The summed E-state index contributed by atoms with van der Waals surface area (Å²) in [5.41, 5.74) is 9.26. The number of nitrogens with zero attached hydrogens (tertiary/aromatic N) is 1. The van der Waals surface area contributed by atoms with Crippen molar-refractivity contribution in [3.63, 3.8) is 0 Å². The standard InChI is InChI=1S/C20H27N3O2.HI/c1-15(16-8-10-18(25-3)11-9-16)12-13-22-20(21)23-19-7-5-4-6-17(19)14-24-2;/h4-11,15H,12-14H2,1-3H3,(H3,21,22,23);1H. The number of ether oxygens (including phenoxy) is 2. The molecule has 0 radical (unpaired) electrons. The van der Waals surface area contributed by atoms with Gasteiger partial charge in [0, 0.05) is 24.9 Å². The summed E-state index contributed by atoms with van der Waals surface area (Å²) in [5, 5.41) is 3.16. The van der Waals surface area contributed by atoms with Crippen LogP contribution in [-0.2, 0) is 11.3 Å². The van der Waals surface area contributed by atoms with Crippen LogP contribution in [-0.4, -0.2) is 26.7 Å². The summed E-state index contributed by atoms with van der Waals surface area (Å²) in [4.78, 5) is 4.44. The lowest BCUT2D eigenvalue weighted by atomic mass is 9.98. The first-order valence-electron chi connectivity index (χ1n) is 8.41. The topological polar surface area (TPSA) is 68.9 Å². The second-order valence-electron chi connectivity index (χ2n) is 5.95. The number of methoxy groups -OCH3 is 2. The molecule has 142 valence electrons. The van der Waals surface area contributed by atoms with E-state index in [9.17, 15) is 0 Å². The summed E-state index contributed by atoms with van der Waals surface area (Å²) in [6, 6.07) is 16.1. The molecule has 5 nitrogen and oxygen atoms in total. The Balaban J connectivity index is 0.00000338. The Bertz CT molecular complexity index is 690. The van der Waals surface area contributed by atoms with Gasteiger partial charge in [0.2, 0.25) is 0 Å². The monoisotopic (exact) mass is 469 g/mol. The summed E-state index contributed by atoms with van der Waals surface area (Å²) >= 11 is 0. The minimum atomic E-state index is 0. The first-order valence-corrected chi connectivity index (χ1v) is 8.41. The average Bonchev–Trinajstić information content (AvgIpc) is 2.63. The Morgan fingerprint density at radius 1 is 1.12 bits per heavy atom. The van der Waals surface area contributed by atoms with Crippen LogP contribution in [0.5, 0.6) is 5.75 Å². The number of aliphatic imine (C=N–C) groups is 1. The van der Waals surface area contributed by atoms with Gasteiger partial charge in [-0.15, -0.1) is 24.0 Å². The van der Waals surface area contributed by atoms with Gasteiger partial charge in [-0.3, -0.25) is 4.99 Å². The quantitative estimate of drug-likeness (QED) is 0.342. The van der Waals surface area contributed by atoms with E-state index in [1.165, 1.54) is 5.56 Å². The number of halogens is 1. The number of rotatable bonds is 8. The van der Waals surface area contributed by atoms with Gasteiger partial charge < -0.3 is 20.5 Å². The lowest BCUT2D eigenvalue weighted by molar-refractivity contribution is 0.185. The molecule has 26 heavy (non-hydrogen) atoms. The fourth-order valence-electron chi connectivity index (χ4n) is 2.58. The molecule has 0 aliphatic heterocycles. The predicted octanol–water partition coefficient (Wildman–Crippen LogP) is 4.38. The zero-order valence-electron chi connectivity index (χ0n) is 15.6. The second kappa shape index (κ2) is 11.7. The average molecular weight is 469 g/mol. The van der Waals surface area contributed by atoms with Crippen LogP contribution < -0.4 is 15.8 Å². The number of hydrogen-bond donors (Lipinski definition) is 2. The fraction of sp³-hybridized carbons (Fsp3) is 0.350. The van der Waals surface area contributed by atoms with Crippen LogP contribution in [0.2, 0.25) is 0 Å². The highest BCUT2D eigenvalue weighted by atomic mass is 127. The Labute approximate surface area is 173 Å². The van der Waals surface area contributed by atoms with Gasteiger partial charge in [-0.2, -0.15) is 0 Å². The van der Waals surface area contributed by atoms with E-state index in [0.717, 1.165) is 23.4 Å². The molecule has 0 amide bonds. The Kier molecular flexibility index (Phi) is 10.0. The number of nitrogens with one attached hydrogen (secondary N) is 1. The Hall–Kier alpha value is -1.80.